The fraction of sp³-hybridized carbons (Fsp3) is 0.474. The van der Waals surface area contributed by atoms with Gasteiger partial charge >= 0.3 is 0 Å². The molecule has 0 bridgehead atoms. The van der Waals surface area contributed by atoms with E-state index in [0.717, 1.165) is 25.0 Å². The van der Waals surface area contributed by atoms with Gasteiger partial charge in [0, 0.05) is 31.5 Å². The first-order valence-corrected chi connectivity index (χ1v) is 8.66. The van der Waals surface area contributed by atoms with E-state index in [1.54, 1.807) is 0 Å². The van der Waals surface area contributed by atoms with Crippen LogP contribution in [0.3, 0.4) is 0 Å². The molecule has 1 amide bonds. The molecule has 2 aliphatic rings. The summed E-state index contributed by atoms with van der Waals surface area (Å²) >= 11 is 0. The molecule has 0 radical (unpaired) electrons. The lowest BCUT2D eigenvalue weighted by Gasteiger charge is -2.37. The van der Waals surface area contributed by atoms with Gasteiger partial charge in [-0.1, -0.05) is 30.3 Å². The molecule has 4 rings (SSSR count). The Bertz CT molecular complexity index is 708. The number of oxazole rings is 1. The molecule has 0 spiro atoms. The molecule has 1 saturated heterocycles. The van der Waals surface area contributed by atoms with E-state index in [4.69, 9.17) is 4.42 Å². The number of likely N-dealkylation sites (tertiary alicyclic amines) is 1. The second-order valence-electron chi connectivity index (χ2n) is 6.84. The maximum Gasteiger partial charge on any atom is 0.291 e. The van der Waals surface area contributed by atoms with Crippen LogP contribution in [0.2, 0.25) is 0 Å². The van der Waals surface area contributed by atoms with Crippen molar-refractivity contribution in [3.63, 3.8) is 0 Å². The van der Waals surface area contributed by atoms with Crippen LogP contribution in [0.1, 0.15) is 52.9 Å². The molecule has 1 aliphatic heterocycles. The molecule has 1 saturated carbocycles. The van der Waals surface area contributed by atoms with E-state index in [1.165, 1.54) is 12.0 Å². The van der Waals surface area contributed by atoms with E-state index in [0.29, 0.717) is 24.8 Å². The molecular weight excluding hydrogens is 304 g/mol. The highest BCUT2D eigenvalue weighted by molar-refractivity contribution is 5.92. The maximum atomic E-state index is 12.8. The normalized spacial score (nSPS) is 24.1. The molecule has 1 N–H and O–H groups in total. The van der Waals surface area contributed by atoms with Gasteiger partial charge in [-0.05, 0) is 30.7 Å². The van der Waals surface area contributed by atoms with Crippen LogP contribution in [0.5, 0.6) is 0 Å². The first-order chi connectivity index (χ1) is 11.8. The molecule has 0 unspecified atom stereocenters. The van der Waals surface area contributed by atoms with E-state index < -0.39 is 0 Å². The van der Waals surface area contributed by atoms with Gasteiger partial charge < -0.3 is 14.4 Å². The smallest absolute Gasteiger partial charge is 0.291 e. The summed E-state index contributed by atoms with van der Waals surface area (Å²) in [6, 6.07) is 10.3. The van der Waals surface area contributed by atoms with Crippen molar-refractivity contribution >= 4 is 5.91 Å². The average Bonchev–Trinajstić information content (AvgIpc) is 3.38. The van der Waals surface area contributed by atoms with E-state index in [9.17, 15) is 9.90 Å². The number of rotatable bonds is 4. The fourth-order valence-corrected chi connectivity index (χ4v) is 3.75. The zero-order valence-electron chi connectivity index (χ0n) is 13.6. The lowest BCUT2D eigenvalue weighted by Crippen LogP contribution is -2.44. The Morgan fingerprint density at radius 1 is 1.25 bits per heavy atom. The van der Waals surface area contributed by atoms with E-state index in [2.05, 4.69) is 17.1 Å². The van der Waals surface area contributed by atoms with Crippen molar-refractivity contribution in [2.45, 2.75) is 31.1 Å². The zero-order chi connectivity index (χ0) is 16.5. The standard InChI is InChI=1S/C19H22N2O3/c22-11-15-10-21(9-8-16(15)13-4-2-1-3-5-13)19(23)18-17(14-6-7-14)20-12-24-18/h1-5,12,14-16,22H,6-11H2/t15-,16+/m1/s1. The third-order valence-corrected chi connectivity index (χ3v) is 5.24. The summed E-state index contributed by atoms with van der Waals surface area (Å²) in [5.41, 5.74) is 2.05. The van der Waals surface area contributed by atoms with Gasteiger partial charge in [-0.3, -0.25) is 4.79 Å². The number of carbonyl (C=O) groups excluding carboxylic acids is 1. The number of piperidine rings is 1. The molecule has 24 heavy (non-hydrogen) atoms. The number of hydrogen-bond acceptors (Lipinski definition) is 4. The molecule has 1 aliphatic carbocycles. The topological polar surface area (TPSA) is 66.6 Å². The van der Waals surface area contributed by atoms with Gasteiger partial charge in [-0.2, -0.15) is 0 Å². The number of amides is 1. The Morgan fingerprint density at radius 2 is 2.04 bits per heavy atom. The second kappa shape index (κ2) is 6.40. The Morgan fingerprint density at radius 3 is 2.75 bits per heavy atom. The van der Waals surface area contributed by atoms with E-state index >= 15 is 0 Å². The summed E-state index contributed by atoms with van der Waals surface area (Å²) in [5, 5.41) is 9.83. The minimum absolute atomic E-state index is 0.0531. The van der Waals surface area contributed by atoms with Crippen LogP contribution in [-0.2, 0) is 0 Å². The van der Waals surface area contributed by atoms with Gasteiger partial charge in [0.2, 0.25) is 5.76 Å². The number of benzene rings is 1. The summed E-state index contributed by atoms with van der Waals surface area (Å²) in [4.78, 5) is 18.9. The van der Waals surface area contributed by atoms with E-state index in [-0.39, 0.29) is 24.3 Å². The van der Waals surface area contributed by atoms with Crippen molar-refractivity contribution < 1.29 is 14.3 Å². The monoisotopic (exact) mass is 326 g/mol. The Hall–Kier alpha value is -2.14. The maximum absolute atomic E-state index is 12.8. The van der Waals surface area contributed by atoms with Crippen molar-refractivity contribution in [3.8, 4) is 0 Å². The number of nitrogens with zero attached hydrogens (tertiary/aromatic N) is 2. The van der Waals surface area contributed by atoms with Crippen LogP contribution < -0.4 is 0 Å². The lowest BCUT2D eigenvalue weighted by atomic mass is 9.81. The zero-order valence-corrected chi connectivity index (χ0v) is 13.6. The third kappa shape index (κ3) is 2.84. The van der Waals surface area contributed by atoms with Crippen molar-refractivity contribution in [2.75, 3.05) is 19.7 Å². The van der Waals surface area contributed by atoms with Crippen LogP contribution in [0.4, 0.5) is 0 Å². The summed E-state index contributed by atoms with van der Waals surface area (Å²) in [6.45, 7) is 1.31. The van der Waals surface area contributed by atoms with Crippen LogP contribution in [0, 0.1) is 5.92 Å². The Balaban J connectivity index is 1.50. The number of aliphatic hydroxyl groups is 1. The predicted molar refractivity (Wildman–Crippen MR) is 88.8 cm³/mol. The second-order valence-corrected chi connectivity index (χ2v) is 6.84. The molecule has 2 heterocycles. The molecule has 5 heteroatoms. The molecule has 126 valence electrons. The van der Waals surface area contributed by atoms with Crippen LogP contribution >= 0.6 is 0 Å². The van der Waals surface area contributed by atoms with Gasteiger partial charge in [0.05, 0.1) is 5.69 Å². The average molecular weight is 326 g/mol. The summed E-state index contributed by atoms with van der Waals surface area (Å²) in [6.07, 6.45) is 4.40. The first-order valence-electron chi connectivity index (χ1n) is 8.66. The predicted octanol–water partition coefficient (Wildman–Crippen LogP) is 2.79. The third-order valence-electron chi connectivity index (χ3n) is 5.24. The highest BCUT2D eigenvalue weighted by atomic mass is 16.3. The first kappa shape index (κ1) is 15.4. The summed E-state index contributed by atoms with van der Waals surface area (Å²) in [7, 11) is 0. The van der Waals surface area contributed by atoms with Crippen molar-refractivity contribution in [1.29, 1.82) is 0 Å². The van der Waals surface area contributed by atoms with Crippen molar-refractivity contribution in [1.82, 2.24) is 9.88 Å². The van der Waals surface area contributed by atoms with Gasteiger partial charge in [-0.25, -0.2) is 4.98 Å². The molecule has 1 aromatic heterocycles. The molecule has 5 nitrogen and oxygen atoms in total. The van der Waals surface area contributed by atoms with Gasteiger partial charge in [0.25, 0.3) is 5.91 Å². The fourth-order valence-electron chi connectivity index (χ4n) is 3.75. The number of aromatic nitrogens is 1. The molecule has 1 aromatic carbocycles. The molecular formula is C19H22N2O3. The van der Waals surface area contributed by atoms with Crippen LogP contribution in [0.25, 0.3) is 0 Å². The highest BCUT2D eigenvalue weighted by Gasteiger charge is 2.37. The minimum Gasteiger partial charge on any atom is -0.438 e. The van der Waals surface area contributed by atoms with Crippen molar-refractivity contribution in [2.24, 2.45) is 5.92 Å². The molecule has 2 fully saturated rings. The van der Waals surface area contributed by atoms with Crippen LogP contribution in [0.15, 0.2) is 41.1 Å². The van der Waals surface area contributed by atoms with Crippen molar-refractivity contribution in [3.05, 3.63) is 53.7 Å². The lowest BCUT2D eigenvalue weighted by molar-refractivity contribution is 0.0547. The number of hydrogen-bond donors (Lipinski definition) is 1. The minimum atomic E-state index is -0.0839. The van der Waals surface area contributed by atoms with Gasteiger partial charge in [0.15, 0.2) is 6.39 Å². The summed E-state index contributed by atoms with van der Waals surface area (Å²) < 4.78 is 5.40. The van der Waals surface area contributed by atoms with Gasteiger partial charge in [0.1, 0.15) is 0 Å². The van der Waals surface area contributed by atoms with E-state index in [1.807, 2.05) is 23.1 Å². The Labute approximate surface area is 141 Å². The number of aliphatic hydroxyl groups excluding tert-OH is 1. The SMILES string of the molecule is O=C(c1ocnc1C1CC1)N1CC[C@@H](c2ccccc2)[C@@H](CO)C1. The largest absolute Gasteiger partial charge is 0.438 e. The molecule has 2 atom stereocenters. The highest BCUT2D eigenvalue weighted by Crippen LogP contribution is 2.41. The Kier molecular flexibility index (Phi) is 4.10. The van der Waals surface area contributed by atoms with Gasteiger partial charge in [-0.15, -0.1) is 0 Å². The van der Waals surface area contributed by atoms with Crippen LogP contribution in [-0.4, -0.2) is 40.6 Å². The quantitative estimate of drug-likeness (QED) is 0.938. The number of carbonyl (C=O) groups is 1. The summed E-state index contributed by atoms with van der Waals surface area (Å²) in [5.74, 6) is 1.04. The molecule has 2 aromatic rings.